The Morgan fingerprint density at radius 1 is 1.31 bits per heavy atom. The molecule has 0 unspecified atom stereocenters. The van der Waals surface area contributed by atoms with Crippen LogP contribution < -0.4 is 16.6 Å². The van der Waals surface area contributed by atoms with Crippen molar-refractivity contribution in [1.29, 1.82) is 0 Å². The van der Waals surface area contributed by atoms with Crippen LogP contribution in [0, 0.1) is 5.92 Å². The van der Waals surface area contributed by atoms with Gasteiger partial charge in [0.25, 0.3) is 0 Å². The molecule has 0 spiro atoms. The highest BCUT2D eigenvalue weighted by Crippen LogP contribution is 2.16. The number of allylic oxidation sites excluding steroid dienone is 1. The first kappa shape index (κ1) is 12.3. The van der Waals surface area contributed by atoms with E-state index in [0.29, 0.717) is 5.70 Å². The van der Waals surface area contributed by atoms with E-state index in [4.69, 9.17) is 11.6 Å². The van der Waals surface area contributed by atoms with Gasteiger partial charge in [-0.2, -0.15) is 0 Å². The van der Waals surface area contributed by atoms with E-state index in [-0.39, 0.29) is 11.7 Å². The lowest BCUT2D eigenvalue weighted by atomic mass is 10.1. The van der Waals surface area contributed by atoms with Crippen molar-refractivity contribution in [1.82, 2.24) is 0 Å². The monoisotopic (exact) mass is 219 g/mol. The van der Waals surface area contributed by atoms with Crippen molar-refractivity contribution in [2.24, 2.45) is 17.5 Å². The van der Waals surface area contributed by atoms with Gasteiger partial charge in [-0.05, 0) is 12.1 Å². The van der Waals surface area contributed by atoms with Crippen LogP contribution in [0.5, 0.6) is 0 Å². The van der Waals surface area contributed by atoms with Gasteiger partial charge in [0.1, 0.15) is 5.70 Å². The van der Waals surface area contributed by atoms with Gasteiger partial charge in [-0.1, -0.05) is 32.0 Å². The summed E-state index contributed by atoms with van der Waals surface area (Å²) in [4.78, 5) is 11.8. The Balaban J connectivity index is 2.96. The van der Waals surface area contributed by atoms with Gasteiger partial charge < -0.3 is 5.73 Å². The normalized spacial score (nSPS) is 11.6. The number of hydrogen-bond acceptors (Lipinski definition) is 4. The van der Waals surface area contributed by atoms with E-state index in [0.717, 1.165) is 5.69 Å². The molecule has 86 valence electrons. The van der Waals surface area contributed by atoms with Crippen LogP contribution in [0.4, 0.5) is 5.69 Å². The first-order valence-electron chi connectivity index (χ1n) is 5.14. The lowest BCUT2D eigenvalue weighted by Crippen LogP contribution is -2.36. The fourth-order valence-corrected chi connectivity index (χ4v) is 1.30. The molecule has 1 aromatic rings. The van der Waals surface area contributed by atoms with Crippen LogP contribution in [0.3, 0.4) is 0 Å². The van der Waals surface area contributed by atoms with Crippen molar-refractivity contribution in [3.63, 3.8) is 0 Å². The summed E-state index contributed by atoms with van der Waals surface area (Å²) in [5, 5.41) is 1.31. The molecule has 0 aromatic heterocycles. The maximum absolute atomic E-state index is 11.8. The van der Waals surface area contributed by atoms with Gasteiger partial charge in [-0.3, -0.25) is 9.80 Å². The Morgan fingerprint density at radius 2 is 1.88 bits per heavy atom. The van der Waals surface area contributed by atoms with Crippen molar-refractivity contribution in [2.75, 3.05) is 5.01 Å². The molecule has 1 rings (SSSR count). The number of ketones is 1. The van der Waals surface area contributed by atoms with Crippen molar-refractivity contribution in [3.8, 4) is 0 Å². The number of hydrogen-bond donors (Lipinski definition) is 2. The van der Waals surface area contributed by atoms with Gasteiger partial charge in [0.05, 0.1) is 5.69 Å². The zero-order valence-corrected chi connectivity index (χ0v) is 9.55. The third kappa shape index (κ3) is 2.61. The third-order valence-corrected chi connectivity index (χ3v) is 2.23. The summed E-state index contributed by atoms with van der Waals surface area (Å²) in [6.07, 6.45) is 1.25. The van der Waals surface area contributed by atoms with E-state index >= 15 is 0 Å². The van der Waals surface area contributed by atoms with E-state index in [2.05, 4.69) is 0 Å². The molecule has 0 saturated heterocycles. The molecule has 4 N–H and O–H groups in total. The third-order valence-electron chi connectivity index (χ3n) is 2.23. The topological polar surface area (TPSA) is 72.4 Å². The Kier molecular flexibility index (Phi) is 4.08. The number of anilines is 1. The number of hydrazine groups is 1. The summed E-state index contributed by atoms with van der Waals surface area (Å²) in [6.45, 7) is 3.62. The summed E-state index contributed by atoms with van der Waals surface area (Å²) in [7, 11) is 0. The first-order valence-corrected chi connectivity index (χ1v) is 5.14. The lowest BCUT2D eigenvalue weighted by molar-refractivity contribution is -0.118. The SMILES string of the molecule is CC(C)C(=O)/C(=C/N)N(N)c1ccccc1. The molecule has 4 nitrogen and oxygen atoms in total. The number of carbonyl (C=O) groups excluding carboxylic acids is 1. The first-order chi connectivity index (χ1) is 7.57. The van der Waals surface area contributed by atoms with E-state index in [9.17, 15) is 4.79 Å². The van der Waals surface area contributed by atoms with Crippen LogP contribution in [0.25, 0.3) is 0 Å². The quantitative estimate of drug-likeness (QED) is 0.456. The Bertz CT molecular complexity index is 385. The van der Waals surface area contributed by atoms with E-state index in [1.165, 1.54) is 11.2 Å². The standard InChI is InChI=1S/C12H17N3O/c1-9(2)12(16)11(8-13)15(14)10-6-4-3-5-7-10/h3-9H,13-14H2,1-2H3/b11-8-. The second-order valence-electron chi connectivity index (χ2n) is 3.78. The zero-order valence-electron chi connectivity index (χ0n) is 9.55. The molecular formula is C12H17N3O. The van der Waals surface area contributed by atoms with E-state index < -0.39 is 0 Å². The van der Waals surface area contributed by atoms with Gasteiger partial charge in [0.15, 0.2) is 5.78 Å². The average Bonchev–Trinajstić information content (AvgIpc) is 2.30. The predicted octanol–water partition coefficient (Wildman–Crippen LogP) is 1.39. The number of para-hydroxylation sites is 1. The number of nitrogens with two attached hydrogens (primary N) is 2. The molecule has 0 saturated carbocycles. The summed E-state index contributed by atoms with van der Waals surface area (Å²) in [5.74, 6) is 5.64. The van der Waals surface area contributed by atoms with Crippen LogP contribution in [0.2, 0.25) is 0 Å². The van der Waals surface area contributed by atoms with Gasteiger partial charge >= 0.3 is 0 Å². The molecule has 0 aliphatic rings. The maximum atomic E-state index is 11.8. The van der Waals surface area contributed by atoms with Crippen LogP contribution in [-0.4, -0.2) is 5.78 Å². The molecule has 4 heteroatoms. The van der Waals surface area contributed by atoms with Crippen molar-refractivity contribution >= 4 is 11.5 Å². The predicted molar refractivity (Wildman–Crippen MR) is 65.2 cm³/mol. The second kappa shape index (κ2) is 5.32. The largest absolute Gasteiger partial charge is 0.403 e. The number of nitrogens with zero attached hydrogens (tertiary/aromatic N) is 1. The van der Waals surface area contributed by atoms with Crippen LogP contribution in [0.1, 0.15) is 13.8 Å². The molecule has 0 fully saturated rings. The average molecular weight is 219 g/mol. The fraction of sp³-hybridized carbons (Fsp3) is 0.250. The second-order valence-corrected chi connectivity index (χ2v) is 3.78. The summed E-state index contributed by atoms with van der Waals surface area (Å²) < 4.78 is 0. The number of benzene rings is 1. The number of Topliss-reactive ketones (excluding diaryl/α,β-unsaturated/α-hetero) is 1. The Morgan fingerprint density at radius 3 is 2.31 bits per heavy atom. The van der Waals surface area contributed by atoms with Crippen molar-refractivity contribution < 1.29 is 4.79 Å². The summed E-state index contributed by atoms with van der Waals surface area (Å²) in [6, 6.07) is 9.22. The van der Waals surface area contributed by atoms with Gasteiger partial charge in [-0.15, -0.1) is 0 Å². The molecule has 0 heterocycles. The highest BCUT2D eigenvalue weighted by Gasteiger charge is 2.18. The molecule has 0 radical (unpaired) electrons. The molecule has 16 heavy (non-hydrogen) atoms. The summed E-state index contributed by atoms with van der Waals surface area (Å²) in [5.41, 5.74) is 6.48. The molecule has 0 bridgehead atoms. The molecule has 0 amide bonds. The van der Waals surface area contributed by atoms with Gasteiger partial charge in [0.2, 0.25) is 0 Å². The minimum absolute atomic E-state index is 0.0751. The minimum atomic E-state index is -0.135. The van der Waals surface area contributed by atoms with Gasteiger partial charge in [0, 0.05) is 12.1 Å². The Labute approximate surface area is 95.5 Å². The van der Waals surface area contributed by atoms with Crippen molar-refractivity contribution in [2.45, 2.75) is 13.8 Å². The maximum Gasteiger partial charge on any atom is 0.184 e. The van der Waals surface area contributed by atoms with Crippen molar-refractivity contribution in [3.05, 3.63) is 42.2 Å². The van der Waals surface area contributed by atoms with Gasteiger partial charge in [-0.25, -0.2) is 5.84 Å². The van der Waals surface area contributed by atoms with E-state index in [1.807, 2.05) is 44.2 Å². The zero-order chi connectivity index (χ0) is 12.1. The van der Waals surface area contributed by atoms with Crippen LogP contribution >= 0.6 is 0 Å². The van der Waals surface area contributed by atoms with Crippen LogP contribution in [0.15, 0.2) is 42.2 Å². The fourth-order valence-electron chi connectivity index (χ4n) is 1.30. The Hall–Kier alpha value is -1.81. The summed E-state index contributed by atoms with van der Waals surface area (Å²) >= 11 is 0. The highest BCUT2D eigenvalue weighted by molar-refractivity contribution is 5.99. The smallest absolute Gasteiger partial charge is 0.184 e. The van der Waals surface area contributed by atoms with E-state index in [1.54, 1.807) is 0 Å². The molecular weight excluding hydrogens is 202 g/mol. The minimum Gasteiger partial charge on any atom is -0.403 e. The molecule has 1 aromatic carbocycles. The number of carbonyl (C=O) groups is 1. The lowest BCUT2D eigenvalue weighted by Gasteiger charge is -2.21. The highest BCUT2D eigenvalue weighted by atomic mass is 16.1. The molecule has 0 atom stereocenters. The van der Waals surface area contributed by atoms with Crippen LogP contribution in [-0.2, 0) is 4.79 Å². The molecule has 0 aliphatic heterocycles. The molecule has 0 aliphatic carbocycles. The number of rotatable bonds is 4.